The lowest BCUT2D eigenvalue weighted by atomic mass is 10.0. The van der Waals surface area contributed by atoms with Gasteiger partial charge in [0.1, 0.15) is 6.04 Å². The number of carbonyl (C=O) groups excluding carboxylic acids is 2. The molecule has 0 aliphatic heterocycles. The Morgan fingerprint density at radius 3 is 2.44 bits per heavy atom. The summed E-state index contributed by atoms with van der Waals surface area (Å²) in [5.41, 5.74) is 3.98. The Bertz CT molecular complexity index is 845. The van der Waals surface area contributed by atoms with E-state index in [1.807, 2.05) is 48.5 Å². The highest BCUT2D eigenvalue weighted by atomic mass is 16.4. The van der Waals surface area contributed by atoms with Crippen LogP contribution in [-0.2, 0) is 28.9 Å². The number of Topliss-reactive ketones (excluding diaryl/α,β-unsaturated/α-hetero) is 1. The molecule has 1 aliphatic rings. The minimum absolute atomic E-state index is 0.0194. The highest BCUT2D eigenvalue weighted by Crippen LogP contribution is 2.23. The van der Waals surface area contributed by atoms with Gasteiger partial charge in [0.15, 0.2) is 5.78 Å². The Kier molecular flexibility index (Phi) is 6.01. The number of benzene rings is 2. The number of carboxylic acids is 1. The van der Waals surface area contributed by atoms with Gasteiger partial charge in [-0.1, -0.05) is 42.5 Å². The molecule has 3 rings (SSSR count). The minimum atomic E-state index is -1.09. The minimum Gasteiger partial charge on any atom is -0.480 e. The Morgan fingerprint density at radius 2 is 1.70 bits per heavy atom. The molecule has 0 spiro atoms. The molecule has 0 bridgehead atoms. The molecule has 0 unspecified atom stereocenters. The summed E-state index contributed by atoms with van der Waals surface area (Å²) >= 11 is 0. The second-order valence-corrected chi connectivity index (χ2v) is 6.91. The highest BCUT2D eigenvalue weighted by molar-refractivity contribution is 5.98. The molecule has 0 saturated heterocycles. The smallest absolute Gasteiger partial charge is 0.326 e. The van der Waals surface area contributed by atoms with Gasteiger partial charge < -0.3 is 10.4 Å². The Hall–Kier alpha value is -2.95. The topological polar surface area (TPSA) is 83.5 Å². The molecular formula is C22H23NO4. The van der Waals surface area contributed by atoms with Gasteiger partial charge in [-0.05, 0) is 42.0 Å². The van der Waals surface area contributed by atoms with E-state index >= 15 is 0 Å². The predicted octanol–water partition coefficient (Wildman–Crippen LogP) is 2.95. The summed E-state index contributed by atoms with van der Waals surface area (Å²) in [6, 6.07) is 13.9. The zero-order chi connectivity index (χ0) is 19.2. The van der Waals surface area contributed by atoms with E-state index < -0.39 is 17.9 Å². The summed E-state index contributed by atoms with van der Waals surface area (Å²) in [4.78, 5) is 35.9. The number of amides is 1. The molecule has 140 valence electrons. The molecule has 0 radical (unpaired) electrons. The Morgan fingerprint density at radius 1 is 0.963 bits per heavy atom. The predicted molar refractivity (Wildman–Crippen MR) is 102 cm³/mol. The number of aliphatic carboxylic acids is 1. The number of carboxylic acid groups (broad SMARTS) is 1. The second-order valence-electron chi connectivity index (χ2n) is 6.91. The first-order chi connectivity index (χ1) is 13.0. The van der Waals surface area contributed by atoms with Crippen molar-refractivity contribution in [1.82, 2.24) is 5.32 Å². The van der Waals surface area contributed by atoms with Gasteiger partial charge in [0.2, 0.25) is 5.91 Å². The van der Waals surface area contributed by atoms with Crippen LogP contribution < -0.4 is 5.32 Å². The largest absolute Gasteiger partial charge is 0.480 e. The number of aryl methyl sites for hydroxylation is 2. The van der Waals surface area contributed by atoms with E-state index in [0.717, 1.165) is 24.8 Å². The molecule has 0 heterocycles. The third-order valence-electron chi connectivity index (χ3n) is 4.92. The van der Waals surface area contributed by atoms with Crippen LogP contribution in [0.15, 0.2) is 48.5 Å². The lowest BCUT2D eigenvalue weighted by molar-refractivity contribution is -0.141. The summed E-state index contributed by atoms with van der Waals surface area (Å²) in [5.74, 6) is -1.60. The van der Waals surface area contributed by atoms with E-state index in [4.69, 9.17) is 0 Å². The molecule has 5 heteroatoms. The van der Waals surface area contributed by atoms with E-state index in [2.05, 4.69) is 5.32 Å². The summed E-state index contributed by atoms with van der Waals surface area (Å²) in [6.45, 7) is 0. The van der Waals surface area contributed by atoms with Gasteiger partial charge in [-0.2, -0.15) is 0 Å². The van der Waals surface area contributed by atoms with Crippen LogP contribution in [0, 0.1) is 0 Å². The Labute approximate surface area is 158 Å². The maximum Gasteiger partial charge on any atom is 0.326 e. The molecule has 1 aliphatic carbocycles. The SMILES string of the molecule is O=C(CCC(=O)c1ccc2c(c1)CCC2)N[C@@H](Cc1ccccc1)C(=O)O. The van der Waals surface area contributed by atoms with Crippen LogP contribution in [0.4, 0.5) is 0 Å². The van der Waals surface area contributed by atoms with Crippen molar-refractivity contribution in [3.05, 3.63) is 70.8 Å². The molecule has 0 saturated carbocycles. The molecule has 5 nitrogen and oxygen atoms in total. The zero-order valence-electron chi connectivity index (χ0n) is 15.1. The molecule has 1 atom stereocenters. The maximum atomic E-state index is 12.4. The van der Waals surface area contributed by atoms with E-state index in [0.29, 0.717) is 5.56 Å². The van der Waals surface area contributed by atoms with Crippen molar-refractivity contribution in [1.29, 1.82) is 0 Å². The van der Waals surface area contributed by atoms with Gasteiger partial charge in [-0.3, -0.25) is 9.59 Å². The number of hydrogen-bond acceptors (Lipinski definition) is 3. The van der Waals surface area contributed by atoms with Crippen LogP contribution in [0.3, 0.4) is 0 Å². The third kappa shape index (κ3) is 5.03. The monoisotopic (exact) mass is 365 g/mol. The van der Waals surface area contributed by atoms with Gasteiger partial charge in [-0.25, -0.2) is 4.79 Å². The average Bonchev–Trinajstić information content (AvgIpc) is 3.14. The van der Waals surface area contributed by atoms with Gasteiger partial charge in [0.05, 0.1) is 0 Å². The van der Waals surface area contributed by atoms with Crippen molar-refractivity contribution in [2.75, 3.05) is 0 Å². The van der Waals surface area contributed by atoms with Crippen molar-refractivity contribution in [2.45, 2.75) is 44.6 Å². The van der Waals surface area contributed by atoms with E-state index in [9.17, 15) is 19.5 Å². The molecule has 1 amide bonds. The molecule has 27 heavy (non-hydrogen) atoms. The van der Waals surface area contributed by atoms with E-state index in [-0.39, 0.29) is 25.0 Å². The Balaban J connectivity index is 1.53. The first-order valence-corrected chi connectivity index (χ1v) is 9.24. The van der Waals surface area contributed by atoms with E-state index in [1.165, 1.54) is 11.1 Å². The number of nitrogens with one attached hydrogen (secondary N) is 1. The fraction of sp³-hybridized carbons (Fsp3) is 0.318. The van der Waals surface area contributed by atoms with Crippen LogP contribution in [0.5, 0.6) is 0 Å². The summed E-state index contributed by atoms with van der Waals surface area (Å²) in [7, 11) is 0. The van der Waals surface area contributed by atoms with Crippen molar-refractivity contribution in [3.8, 4) is 0 Å². The molecule has 2 N–H and O–H groups in total. The van der Waals surface area contributed by atoms with Gasteiger partial charge in [0, 0.05) is 24.8 Å². The molecule has 2 aromatic rings. The fourth-order valence-electron chi connectivity index (χ4n) is 3.43. The number of hydrogen-bond donors (Lipinski definition) is 2. The van der Waals surface area contributed by atoms with Crippen LogP contribution >= 0.6 is 0 Å². The first-order valence-electron chi connectivity index (χ1n) is 9.24. The van der Waals surface area contributed by atoms with Gasteiger partial charge >= 0.3 is 5.97 Å². The summed E-state index contributed by atoms with van der Waals surface area (Å²) < 4.78 is 0. The molecule has 0 aromatic heterocycles. The highest BCUT2D eigenvalue weighted by Gasteiger charge is 2.21. The van der Waals surface area contributed by atoms with E-state index in [1.54, 1.807) is 0 Å². The van der Waals surface area contributed by atoms with Crippen molar-refractivity contribution in [3.63, 3.8) is 0 Å². The lowest BCUT2D eigenvalue weighted by Crippen LogP contribution is -2.42. The second kappa shape index (κ2) is 8.62. The molecule has 0 fully saturated rings. The number of carbonyl (C=O) groups is 3. The average molecular weight is 365 g/mol. The van der Waals surface area contributed by atoms with Crippen molar-refractivity contribution < 1.29 is 19.5 Å². The number of fused-ring (bicyclic) bond motifs is 1. The van der Waals surface area contributed by atoms with Crippen molar-refractivity contribution in [2.24, 2.45) is 0 Å². The lowest BCUT2D eigenvalue weighted by Gasteiger charge is -2.14. The molecule has 2 aromatic carbocycles. The molecular weight excluding hydrogens is 342 g/mol. The normalized spacial score (nSPS) is 13.6. The quantitative estimate of drug-likeness (QED) is 0.705. The van der Waals surface area contributed by atoms with Gasteiger partial charge in [0.25, 0.3) is 0 Å². The number of ketones is 1. The zero-order valence-corrected chi connectivity index (χ0v) is 15.1. The summed E-state index contributed by atoms with van der Waals surface area (Å²) in [6.07, 6.45) is 3.44. The fourth-order valence-corrected chi connectivity index (χ4v) is 3.43. The van der Waals surface area contributed by atoms with Crippen molar-refractivity contribution >= 4 is 17.7 Å². The van der Waals surface area contributed by atoms with Gasteiger partial charge in [-0.15, -0.1) is 0 Å². The standard InChI is InChI=1S/C22H23NO4/c24-20(18-10-9-16-7-4-8-17(16)14-18)11-12-21(25)23-19(22(26)27)13-15-5-2-1-3-6-15/h1-3,5-6,9-10,14,19H,4,7-8,11-13H2,(H,23,25)(H,26,27)/t19-/m0/s1. The van der Waals surface area contributed by atoms with Crippen LogP contribution in [0.25, 0.3) is 0 Å². The van der Waals surface area contributed by atoms with Crippen LogP contribution in [0.2, 0.25) is 0 Å². The van der Waals surface area contributed by atoms with Crippen LogP contribution in [-0.4, -0.2) is 28.8 Å². The van der Waals surface area contributed by atoms with Crippen LogP contribution in [0.1, 0.15) is 46.3 Å². The third-order valence-corrected chi connectivity index (χ3v) is 4.92. The first kappa shape index (κ1) is 18.8. The summed E-state index contributed by atoms with van der Waals surface area (Å²) in [5, 5.41) is 11.9. The maximum absolute atomic E-state index is 12.4. The number of rotatable bonds is 8.